The van der Waals surface area contributed by atoms with Gasteiger partial charge < -0.3 is 9.88 Å². The number of benzene rings is 1. The highest BCUT2D eigenvalue weighted by atomic mass is 15.1. The molecule has 2 rings (SSSR count). The molecule has 108 valence electrons. The van der Waals surface area contributed by atoms with Gasteiger partial charge in [-0.2, -0.15) is 0 Å². The van der Waals surface area contributed by atoms with Crippen LogP contribution < -0.4 is 5.32 Å². The van der Waals surface area contributed by atoms with Crippen molar-refractivity contribution in [2.24, 2.45) is 0 Å². The van der Waals surface area contributed by atoms with Crippen LogP contribution in [0, 0.1) is 0 Å². The standard InChI is InChI=1S/C17H25N3/c1-4-10-20-11-9-18-17(20)12-15-5-7-16(8-6-15)13-19-14(2)3/h5-9,11,14,19H,4,10,12-13H2,1-3H3. The van der Waals surface area contributed by atoms with Crippen molar-refractivity contribution in [2.75, 3.05) is 0 Å². The van der Waals surface area contributed by atoms with E-state index in [1.54, 1.807) is 0 Å². The van der Waals surface area contributed by atoms with E-state index in [1.165, 1.54) is 11.1 Å². The van der Waals surface area contributed by atoms with Gasteiger partial charge in [-0.05, 0) is 17.5 Å². The zero-order valence-electron chi connectivity index (χ0n) is 12.8. The summed E-state index contributed by atoms with van der Waals surface area (Å²) in [6.07, 6.45) is 6.01. The molecule has 1 N–H and O–H groups in total. The second-order valence-corrected chi connectivity index (χ2v) is 5.57. The number of hydrogen-bond acceptors (Lipinski definition) is 2. The number of aromatic nitrogens is 2. The van der Waals surface area contributed by atoms with E-state index in [-0.39, 0.29) is 0 Å². The van der Waals surface area contributed by atoms with Crippen LogP contribution in [-0.2, 0) is 19.5 Å². The summed E-state index contributed by atoms with van der Waals surface area (Å²) in [5.41, 5.74) is 2.65. The molecule has 0 bridgehead atoms. The molecule has 20 heavy (non-hydrogen) atoms. The molecule has 0 aliphatic rings. The van der Waals surface area contributed by atoms with E-state index in [2.05, 4.69) is 66.1 Å². The number of imidazole rings is 1. The molecule has 0 saturated carbocycles. The van der Waals surface area contributed by atoms with Gasteiger partial charge in [-0.3, -0.25) is 0 Å². The van der Waals surface area contributed by atoms with E-state index in [0.717, 1.165) is 31.8 Å². The van der Waals surface area contributed by atoms with E-state index in [9.17, 15) is 0 Å². The summed E-state index contributed by atoms with van der Waals surface area (Å²) < 4.78 is 2.24. The first-order valence-corrected chi connectivity index (χ1v) is 7.50. The van der Waals surface area contributed by atoms with Crippen LogP contribution in [0.15, 0.2) is 36.7 Å². The van der Waals surface area contributed by atoms with Gasteiger partial charge in [0, 0.05) is 37.9 Å². The molecule has 0 fully saturated rings. The summed E-state index contributed by atoms with van der Waals surface area (Å²) in [6, 6.07) is 9.36. The fourth-order valence-electron chi connectivity index (χ4n) is 2.23. The molecule has 0 radical (unpaired) electrons. The van der Waals surface area contributed by atoms with Crippen LogP contribution in [0.4, 0.5) is 0 Å². The molecule has 3 nitrogen and oxygen atoms in total. The fraction of sp³-hybridized carbons (Fsp3) is 0.471. The maximum Gasteiger partial charge on any atom is 0.113 e. The Morgan fingerprint density at radius 3 is 2.50 bits per heavy atom. The van der Waals surface area contributed by atoms with Crippen LogP contribution in [0.2, 0.25) is 0 Å². The minimum Gasteiger partial charge on any atom is -0.335 e. The molecule has 0 aliphatic heterocycles. The number of aryl methyl sites for hydroxylation is 1. The summed E-state index contributed by atoms with van der Waals surface area (Å²) in [7, 11) is 0. The average Bonchev–Trinajstić information content (AvgIpc) is 2.86. The van der Waals surface area contributed by atoms with Crippen molar-refractivity contribution in [1.82, 2.24) is 14.9 Å². The topological polar surface area (TPSA) is 29.9 Å². The predicted molar refractivity (Wildman–Crippen MR) is 83.7 cm³/mol. The molecule has 1 aromatic carbocycles. The minimum atomic E-state index is 0.524. The van der Waals surface area contributed by atoms with E-state index >= 15 is 0 Å². The van der Waals surface area contributed by atoms with Gasteiger partial charge in [-0.1, -0.05) is 45.0 Å². The lowest BCUT2D eigenvalue weighted by Crippen LogP contribution is -2.21. The zero-order chi connectivity index (χ0) is 14.4. The van der Waals surface area contributed by atoms with Crippen LogP contribution in [0.5, 0.6) is 0 Å². The first kappa shape index (κ1) is 14.8. The van der Waals surface area contributed by atoms with Gasteiger partial charge in [0.15, 0.2) is 0 Å². The molecular formula is C17H25N3. The highest BCUT2D eigenvalue weighted by Gasteiger charge is 2.04. The van der Waals surface area contributed by atoms with E-state index in [4.69, 9.17) is 0 Å². The Hall–Kier alpha value is -1.61. The summed E-state index contributed by atoms with van der Waals surface area (Å²) in [4.78, 5) is 4.46. The van der Waals surface area contributed by atoms with Crippen molar-refractivity contribution in [3.05, 3.63) is 53.6 Å². The van der Waals surface area contributed by atoms with Gasteiger partial charge in [0.05, 0.1) is 0 Å². The maximum atomic E-state index is 4.46. The number of rotatable bonds is 7. The van der Waals surface area contributed by atoms with Crippen molar-refractivity contribution in [3.8, 4) is 0 Å². The van der Waals surface area contributed by atoms with Gasteiger partial charge in [0.25, 0.3) is 0 Å². The van der Waals surface area contributed by atoms with Crippen molar-refractivity contribution in [2.45, 2.75) is 52.7 Å². The number of hydrogen-bond donors (Lipinski definition) is 1. The van der Waals surface area contributed by atoms with Crippen molar-refractivity contribution >= 4 is 0 Å². The Labute approximate surface area is 122 Å². The Morgan fingerprint density at radius 1 is 1.15 bits per heavy atom. The Bertz CT molecular complexity index is 511. The van der Waals surface area contributed by atoms with Gasteiger partial charge in [-0.15, -0.1) is 0 Å². The second-order valence-electron chi connectivity index (χ2n) is 5.57. The third kappa shape index (κ3) is 4.20. The monoisotopic (exact) mass is 271 g/mol. The third-order valence-corrected chi connectivity index (χ3v) is 3.37. The second kappa shape index (κ2) is 7.25. The van der Waals surface area contributed by atoms with E-state index < -0.39 is 0 Å². The number of nitrogens with one attached hydrogen (secondary N) is 1. The summed E-state index contributed by atoms with van der Waals surface area (Å²) in [5.74, 6) is 1.15. The molecule has 0 unspecified atom stereocenters. The Kier molecular flexibility index (Phi) is 5.36. The van der Waals surface area contributed by atoms with E-state index in [0.29, 0.717) is 6.04 Å². The molecule has 3 heteroatoms. The minimum absolute atomic E-state index is 0.524. The first-order valence-electron chi connectivity index (χ1n) is 7.50. The molecule has 0 amide bonds. The molecular weight excluding hydrogens is 246 g/mol. The summed E-state index contributed by atoms with van der Waals surface area (Å²) in [5, 5.41) is 3.44. The lowest BCUT2D eigenvalue weighted by molar-refractivity contribution is 0.589. The smallest absolute Gasteiger partial charge is 0.113 e. The first-order chi connectivity index (χ1) is 9.69. The van der Waals surface area contributed by atoms with Crippen LogP contribution in [0.3, 0.4) is 0 Å². The largest absolute Gasteiger partial charge is 0.335 e. The van der Waals surface area contributed by atoms with Crippen LogP contribution >= 0.6 is 0 Å². The fourth-order valence-corrected chi connectivity index (χ4v) is 2.23. The molecule has 1 aromatic heterocycles. The quantitative estimate of drug-likeness (QED) is 0.836. The van der Waals surface area contributed by atoms with Crippen molar-refractivity contribution in [3.63, 3.8) is 0 Å². The third-order valence-electron chi connectivity index (χ3n) is 3.37. The van der Waals surface area contributed by atoms with Gasteiger partial charge in [0.2, 0.25) is 0 Å². The van der Waals surface area contributed by atoms with Crippen LogP contribution in [-0.4, -0.2) is 15.6 Å². The average molecular weight is 271 g/mol. The zero-order valence-corrected chi connectivity index (χ0v) is 12.8. The molecule has 0 aliphatic carbocycles. The molecule has 1 heterocycles. The SMILES string of the molecule is CCCn1ccnc1Cc1ccc(CNC(C)C)cc1. The molecule has 0 atom stereocenters. The van der Waals surface area contributed by atoms with Gasteiger partial charge >= 0.3 is 0 Å². The Balaban J connectivity index is 1.98. The molecule has 2 aromatic rings. The molecule has 0 spiro atoms. The van der Waals surface area contributed by atoms with E-state index in [1.807, 2.05) is 6.20 Å². The highest BCUT2D eigenvalue weighted by molar-refractivity contribution is 5.25. The summed E-state index contributed by atoms with van der Waals surface area (Å²) >= 11 is 0. The molecule has 0 saturated heterocycles. The lowest BCUT2D eigenvalue weighted by atomic mass is 10.1. The summed E-state index contributed by atoms with van der Waals surface area (Å²) in [6.45, 7) is 8.51. The normalized spacial score (nSPS) is 11.2. The van der Waals surface area contributed by atoms with Gasteiger partial charge in [0.1, 0.15) is 5.82 Å². The maximum absolute atomic E-state index is 4.46. The van der Waals surface area contributed by atoms with Crippen LogP contribution in [0.1, 0.15) is 44.1 Å². The van der Waals surface area contributed by atoms with Crippen LogP contribution in [0.25, 0.3) is 0 Å². The van der Waals surface area contributed by atoms with Crippen molar-refractivity contribution < 1.29 is 0 Å². The Morgan fingerprint density at radius 2 is 1.85 bits per heavy atom. The number of nitrogens with zero attached hydrogens (tertiary/aromatic N) is 2. The lowest BCUT2D eigenvalue weighted by Gasteiger charge is -2.09. The highest BCUT2D eigenvalue weighted by Crippen LogP contribution is 2.10. The predicted octanol–water partition coefficient (Wildman–Crippen LogP) is 3.38. The van der Waals surface area contributed by atoms with Crippen molar-refractivity contribution in [1.29, 1.82) is 0 Å². The van der Waals surface area contributed by atoms with Gasteiger partial charge in [-0.25, -0.2) is 4.98 Å².